The molecular formula is C13H18S. The second-order valence-corrected chi connectivity index (χ2v) is 4.16. The van der Waals surface area contributed by atoms with E-state index in [1.807, 2.05) is 0 Å². The lowest BCUT2D eigenvalue weighted by atomic mass is 10.1. The van der Waals surface area contributed by atoms with Crippen molar-refractivity contribution in [2.45, 2.75) is 31.6 Å². The van der Waals surface area contributed by atoms with Gasteiger partial charge in [-0.1, -0.05) is 37.6 Å². The summed E-state index contributed by atoms with van der Waals surface area (Å²) in [5, 5.41) is 0. The molecule has 0 atom stereocenters. The molecule has 0 aliphatic carbocycles. The highest BCUT2D eigenvalue weighted by molar-refractivity contribution is 7.98. The van der Waals surface area contributed by atoms with Gasteiger partial charge in [-0.15, -0.1) is 11.8 Å². The maximum Gasteiger partial charge on any atom is 0.00695 e. The third-order valence-corrected chi connectivity index (χ3v) is 3.14. The minimum atomic E-state index is 1.15. The van der Waals surface area contributed by atoms with Gasteiger partial charge < -0.3 is 0 Å². The molecule has 0 bridgehead atoms. The first-order valence-electron chi connectivity index (χ1n) is 5.13. The third-order valence-electron chi connectivity index (χ3n) is 2.39. The Morgan fingerprint density at radius 3 is 2.14 bits per heavy atom. The van der Waals surface area contributed by atoms with Crippen LogP contribution in [0.1, 0.15) is 32.3 Å². The lowest BCUT2D eigenvalue weighted by molar-refractivity contribution is 0.990. The average molecular weight is 206 g/mol. The molecule has 1 rings (SSSR count). The van der Waals surface area contributed by atoms with Gasteiger partial charge in [0, 0.05) is 4.90 Å². The summed E-state index contributed by atoms with van der Waals surface area (Å²) in [4.78, 5) is 1.33. The lowest BCUT2D eigenvalue weighted by Gasteiger charge is -2.01. The van der Waals surface area contributed by atoms with Crippen molar-refractivity contribution in [2.75, 3.05) is 6.26 Å². The van der Waals surface area contributed by atoms with Gasteiger partial charge in [-0.05, 0) is 36.8 Å². The van der Waals surface area contributed by atoms with Crippen LogP contribution in [-0.2, 0) is 0 Å². The quantitative estimate of drug-likeness (QED) is 0.648. The molecule has 0 unspecified atom stereocenters. The van der Waals surface area contributed by atoms with Crippen molar-refractivity contribution in [1.29, 1.82) is 0 Å². The summed E-state index contributed by atoms with van der Waals surface area (Å²) in [5.41, 5.74) is 2.84. The minimum absolute atomic E-state index is 1.15. The van der Waals surface area contributed by atoms with E-state index in [-0.39, 0.29) is 0 Å². The molecule has 0 saturated heterocycles. The van der Waals surface area contributed by atoms with Crippen molar-refractivity contribution < 1.29 is 0 Å². The monoisotopic (exact) mass is 206 g/mol. The van der Waals surface area contributed by atoms with Gasteiger partial charge in [0.2, 0.25) is 0 Å². The molecule has 1 heteroatoms. The van der Waals surface area contributed by atoms with Crippen LogP contribution >= 0.6 is 11.8 Å². The summed E-state index contributed by atoms with van der Waals surface area (Å²) in [6, 6.07) is 8.74. The lowest BCUT2D eigenvalue weighted by Crippen LogP contribution is -1.79. The van der Waals surface area contributed by atoms with Gasteiger partial charge in [-0.3, -0.25) is 0 Å². The molecule has 0 amide bonds. The first-order valence-corrected chi connectivity index (χ1v) is 6.36. The summed E-state index contributed by atoms with van der Waals surface area (Å²) < 4.78 is 0. The van der Waals surface area contributed by atoms with Crippen LogP contribution in [0, 0.1) is 0 Å². The molecule has 0 aromatic heterocycles. The second kappa shape index (κ2) is 5.92. The number of thioether (sulfide) groups is 1. The van der Waals surface area contributed by atoms with E-state index in [0.717, 1.165) is 12.8 Å². The Morgan fingerprint density at radius 1 is 1.14 bits per heavy atom. The van der Waals surface area contributed by atoms with Gasteiger partial charge in [-0.2, -0.15) is 0 Å². The van der Waals surface area contributed by atoms with Crippen molar-refractivity contribution in [3.8, 4) is 0 Å². The second-order valence-electron chi connectivity index (χ2n) is 3.28. The molecule has 0 saturated carbocycles. The summed E-state index contributed by atoms with van der Waals surface area (Å²) in [7, 11) is 0. The molecule has 0 aliphatic heterocycles. The summed E-state index contributed by atoms with van der Waals surface area (Å²) in [6.45, 7) is 4.43. The number of allylic oxidation sites excluding steroid dienone is 1. The Kier molecular flexibility index (Phi) is 4.81. The van der Waals surface area contributed by atoms with Crippen LogP contribution < -0.4 is 0 Å². The first kappa shape index (κ1) is 11.4. The maximum absolute atomic E-state index is 2.30. The zero-order valence-electron chi connectivity index (χ0n) is 9.21. The number of benzene rings is 1. The zero-order chi connectivity index (χ0) is 10.4. The Balaban J connectivity index is 2.81. The fourth-order valence-corrected chi connectivity index (χ4v) is 1.80. The van der Waals surface area contributed by atoms with E-state index in [0.29, 0.717) is 0 Å². The Morgan fingerprint density at radius 2 is 1.71 bits per heavy atom. The van der Waals surface area contributed by atoms with Gasteiger partial charge in [-0.25, -0.2) is 0 Å². The Labute approximate surface area is 91.4 Å². The molecule has 0 N–H and O–H groups in total. The first-order chi connectivity index (χ1) is 6.80. The largest absolute Gasteiger partial charge is 0.130 e. The van der Waals surface area contributed by atoms with Crippen molar-refractivity contribution in [1.82, 2.24) is 0 Å². The highest BCUT2D eigenvalue weighted by atomic mass is 32.2. The van der Waals surface area contributed by atoms with E-state index in [1.54, 1.807) is 11.8 Å². The number of hydrogen-bond donors (Lipinski definition) is 0. The predicted octanol–water partition coefficient (Wildman–Crippen LogP) is 4.61. The van der Waals surface area contributed by atoms with Gasteiger partial charge >= 0.3 is 0 Å². The molecular weight excluding hydrogens is 188 g/mol. The van der Waals surface area contributed by atoms with Crippen molar-refractivity contribution in [3.05, 3.63) is 35.4 Å². The minimum Gasteiger partial charge on any atom is -0.130 e. The predicted molar refractivity (Wildman–Crippen MR) is 66.8 cm³/mol. The van der Waals surface area contributed by atoms with Gasteiger partial charge in [0.25, 0.3) is 0 Å². The molecule has 14 heavy (non-hydrogen) atoms. The highest BCUT2D eigenvalue weighted by Gasteiger charge is 1.93. The number of hydrogen-bond acceptors (Lipinski definition) is 1. The van der Waals surface area contributed by atoms with Crippen LogP contribution in [0.5, 0.6) is 0 Å². The Hall–Kier alpha value is -0.690. The fourth-order valence-electron chi connectivity index (χ4n) is 1.39. The van der Waals surface area contributed by atoms with E-state index >= 15 is 0 Å². The third kappa shape index (κ3) is 3.22. The standard InChI is InChI=1S/C13H18S/c1-4-11(5-2)10-12-6-8-13(14-3)9-7-12/h6-10H,4-5H2,1-3H3. The van der Waals surface area contributed by atoms with Crippen LogP contribution in [0.3, 0.4) is 0 Å². The SMILES string of the molecule is CCC(=Cc1ccc(SC)cc1)CC. The molecule has 1 aromatic carbocycles. The van der Waals surface area contributed by atoms with E-state index in [1.165, 1.54) is 16.0 Å². The van der Waals surface area contributed by atoms with Crippen molar-refractivity contribution in [3.63, 3.8) is 0 Å². The zero-order valence-corrected chi connectivity index (χ0v) is 10.0. The topological polar surface area (TPSA) is 0 Å². The van der Waals surface area contributed by atoms with E-state index < -0.39 is 0 Å². The molecule has 0 spiro atoms. The average Bonchev–Trinajstić information content (AvgIpc) is 2.26. The summed E-state index contributed by atoms with van der Waals surface area (Å²) in [6.07, 6.45) is 6.71. The van der Waals surface area contributed by atoms with Crippen LogP contribution in [0.25, 0.3) is 6.08 Å². The van der Waals surface area contributed by atoms with Crippen molar-refractivity contribution in [2.24, 2.45) is 0 Å². The molecule has 0 radical (unpaired) electrons. The fraction of sp³-hybridized carbons (Fsp3) is 0.385. The molecule has 0 heterocycles. The molecule has 0 nitrogen and oxygen atoms in total. The number of rotatable bonds is 4. The maximum atomic E-state index is 2.30. The highest BCUT2D eigenvalue weighted by Crippen LogP contribution is 2.17. The van der Waals surface area contributed by atoms with Gasteiger partial charge in [0.1, 0.15) is 0 Å². The normalized spacial score (nSPS) is 9.93. The molecule has 0 fully saturated rings. The summed E-state index contributed by atoms with van der Waals surface area (Å²) in [5.74, 6) is 0. The van der Waals surface area contributed by atoms with Crippen molar-refractivity contribution >= 4 is 17.8 Å². The molecule has 1 aromatic rings. The van der Waals surface area contributed by atoms with Crippen LogP contribution in [0.2, 0.25) is 0 Å². The van der Waals surface area contributed by atoms with E-state index in [2.05, 4.69) is 50.4 Å². The molecule has 0 aliphatic rings. The van der Waals surface area contributed by atoms with Crippen LogP contribution in [-0.4, -0.2) is 6.26 Å². The van der Waals surface area contributed by atoms with Crippen LogP contribution in [0.4, 0.5) is 0 Å². The van der Waals surface area contributed by atoms with E-state index in [9.17, 15) is 0 Å². The van der Waals surface area contributed by atoms with Gasteiger partial charge in [0.05, 0.1) is 0 Å². The van der Waals surface area contributed by atoms with Crippen LogP contribution in [0.15, 0.2) is 34.7 Å². The molecule has 76 valence electrons. The summed E-state index contributed by atoms with van der Waals surface area (Å²) >= 11 is 1.79. The Bertz CT molecular complexity index is 290. The van der Waals surface area contributed by atoms with Gasteiger partial charge in [0.15, 0.2) is 0 Å². The smallest absolute Gasteiger partial charge is 0.00695 e. The van der Waals surface area contributed by atoms with E-state index in [4.69, 9.17) is 0 Å².